The van der Waals surface area contributed by atoms with E-state index in [0.717, 1.165) is 71.3 Å². The molecule has 3 N–H and O–H groups in total. The summed E-state index contributed by atoms with van der Waals surface area (Å²) >= 11 is 1.59. The van der Waals surface area contributed by atoms with Crippen LogP contribution in [-0.2, 0) is 29.1 Å². The van der Waals surface area contributed by atoms with Crippen LogP contribution in [0.3, 0.4) is 0 Å². The molecule has 5 atom stereocenters. The van der Waals surface area contributed by atoms with Gasteiger partial charge in [0.05, 0.1) is 17.5 Å². The molecular formula is C50H57N7O9S2. The number of alkyl carbamates (subject to hydrolysis) is 1. The van der Waals surface area contributed by atoms with Crippen LogP contribution in [0.25, 0.3) is 44.0 Å². The molecular weight excluding hydrogens is 907 g/mol. The number of aromatic nitrogens is 3. The molecule has 0 bridgehead atoms. The van der Waals surface area contributed by atoms with Gasteiger partial charge in [-0.05, 0) is 94.7 Å². The number of sulfonamides is 1. The highest BCUT2D eigenvalue weighted by Gasteiger charge is 2.62. The first-order chi connectivity index (χ1) is 32.7. The van der Waals surface area contributed by atoms with Crippen molar-refractivity contribution in [1.82, 2.24) is 35.2 Å². The molecule has 10 rings (SSSR count). The van der Waals surface area contributed by atoms with Crippen molar-refractivity contribution in [3.63, 3.8) is 0 Å². The molecule has 3 aromatic heterocycles. The predicted molar refractivity (Wildman–Crippen MR) is 256 cm³/mol. The number of thiazole rings is 1. The van der Waals surface area contributed by atoms with Crippen LogP contribution in [-0.4, -0.2) is 93.7 Å². The van der Waals surface area contributed by atoms with Crippen molar-refractivity contribution in [3.8, 4) is 27.8 Å². The summed E-state index contributed by atoms with van der Waals surface area (Å²) < 4.78 is 47.3. The van der Waals surface area contributed by atoms with Gasteiger partial charge in [0.25, 0.3) is 11.8 Å². The number of hydrogen-bond acceptors (Lipinski definition) is 13. The minimum atomic E-state index is -3.93. The van der Waals surface area contributed by atoms with Crippen LogP contribution in [0.4, 0.5) is 4.79 Å². The summed E-state index contributed by atoms with van der Waals surface area (Å²) in [5, 5.41) is 8.87. The number of rotatable bonds is 10. The number of benzene rings is 2. The Kier molecular flexibility index (Phi) is 12.5. The molecule has 2 aromatic carbocycles. The van der Waals surface area contributed by atoms with Gasteiger partial charge in [0.2, 0.25) is 27.4 Å². The average molecular weight is 964 g/mol. The van der Waals surface area contributed by atoms with Crippen molar-refractivity contribution in [2.75, 3.05) is 6.54 Å². The Balaban J connectivity index is 0.986. The molecule has 0 spiro atoms. The van der Waals surface area contributed by atoms with Crippen LogP contribution in [0.15, 0.2) is 64.4 Å². The molecule has 16 nitrogen and oxygen atoms in total. The van der Waals surface area contributed by atoms with Crippen molar-refractivity contribution >= 4 is 67.2 Å². The summed E-state index contributed by atoms with van der Waals surface area (Å²) in [5.41, 5.74) is 3.56. The quantitative estimate of drug-likeness (QED) is 0.114. The Bertz CT molecular complexity index is 2900. The van der Waals surface area contributed by atoms with Gasteiger partial charge in [-0.2, -0.15) is 4.98 Å². The molecule has 68 heavy (non-hydrogen) atoms. The van der Waals surface area contributed by atoms with Gasteiger partial charge in [-0.3, -0.25) is 19.1 Å². The first-order valence-corrected chi connectivity index (χ1v) is 26.4. The summed E-state index contributed by atoms with van der Waals surface area (Å²) in [7, 11) is -3.93. The smallest absolute Gasteiger partial charge is 0.408 e. The highest BCUT2D eigenvalue weighted by Crippen LogP contribution is 2.46. The van der Waals surface area contributed by atoms with E-state index in [2.05, 4.69) is 34.6 Å². The van der Waals surface area contributed by atoms with Crippen molar-refractivity contribution in [2.24, 2.45) is 5.92 Å². The summed E-state index contributed by atoms with van der Waals surface area (Å²) in [4.78, 5) is 73.2. The summed E-state index contributed by atoms with van der Waals surface area (Å²) in [6, 6.07) is 11.5. The number of nitrogens with zero attached hydrogens (tertiary/aromatic N) is 4. The zero-order chi connectivity index (χ0) is 47.3. The lowest BCUT2D eigenvalue weighted by atomic mass is 10.0. The van der Waals surface area contributed by atoms with Gasteiger partial charge in [-0.25, -0.2) is 23.2 Å². The normalized spacial score (nSPS) is 25.3. The van der Waals surface area contributed by atoms with Gasteiger partial charge in [-0.1, -0.05) is 69.2 Å². The van der Waals surface area contributed by atoms with Crippen molar-refractivity contribution < 1.29 is 41.5 Å². The van der Waals surface area contributed by atoms with Crippen LogP contribution in [0.5, 0.6) is 5.88 Å². The third-order valence-electron chi connectivity index (χ3n) is 13.9. The average Bonchev–Trinajstić information content (AvgIpc) is 3.96. The number of fused-ring (bicyclic) bond motifs is 5. The Morgan fingerprint density at radius 3 is 2.46 bits per heavy atom. The highest BCUT2D eigenvalue weighted by atomic mass is 32.2. The first-order valence-electron chi connectivity index (χ1n) is 24.0. The Labute approximate surface area is 399 Å². The molecule has 4 amide bonds. The zero-order valence-electron chi connectivity index (χ0n) is 38.5. The predicted octanol–water partition coefficient (Wildman–Crippen LogP) is 7.99. The van der Waals surface area contributed by atoms with Gasteiger partial charge >= 0.3 is 6.09 Å². The van der Waals surface area contributed by atoms with E-state index in [1.807, 2.05) is 61.5 Å². The standard InChI is InChI=1S/C50H57N7O9S2/c1-28(2)38-27-67-46(51-38)31-18-16-30(17-19-31)43-53-41-36-22-15-29(3)23-40(36)66-42(41)45(54-43)64-34-24-39-44(58)55-50(48(60)56-68(62,63)35-20-21-35)25-32(50)11-7-5-4-6-8-14-37(47(59)57(39)26-34)52-49(61)65-33-12-9-10-13-33/h7,11,15-19,22-23,27-28,32-35,37,39H,4-6,8-10,12-14,20-21,24-26H2,1-3H3,(H,52,61)(H,55,58)(H,56,60)/b11-7-/t32-,34-,37+,39+,50-/m1/s1. The number of nitrogens with one attached hydrogen (secondary N) is 3. The van der Waals surface area contributed by atoms with E-state index >= 15 is 0 Å². The largest absolute Gasteiger partial charge is 0.470 e. The second-order valence-corrected chi connectivity index (χ2v) is 22.3. The van der Waals surface area contributed by atoms with Gasteiger partial charge in [-0.15, -0.1) is 11.3 Å². The van der Waals surface area contributed by atoms with Crippen LogP contribution >= 0.6 is 11.3 Å². The molecule has 0 radical (unpaired) electrons. The molecule has 2 aliphatic heterocycles. The minimum absolute atomic E-state index is 0.0174. The molecule has 18 heteroatoms. The van der Waals surface area contributed by atoms with E-state index in [4.69, 9.17) is 28.8 Å². The van der Waals surface area contributed by atoms with Crippen LogP contribution in [0, 0.1) is 12.8 Å². The molecule has 5 aromatic rings. The maximum Gasteiger partial charge on any atom is 0.408 e. The number of carbonyl (C=O) groups excluding carboxylic acids is 4. The van der Waals surface area contributed by atoms with Crippen molar-refractivity contribution in [3.05, 3.63) is 71.3 Å². The minimum Gasteiger partial charge on any atom is -0.470 e. The number of aryl methyl sites for hydroxylation is 1. The number of allylic oxidation sites excluding steroid dienone is 1. The lowest BCUT2D eigenvalue weighted by Gasteiger charge is -2.30. The first kappa shape index (κ1) is 45.9. The lowest BCUT2D eigenvalue weighted by Crippen LogP contribution is -2.58. The lowest BCUT2D eigenvalue weighted by molar-refractivity contribution is -0.141. The van der Waals surface area contributed by atoms with E-state index in [0.29, 0.717) is 60.5 Å². The van der Waals surface area contributed by atoms with Crippen LogP contribution in [0.1, 0.15) is 114 Å². The molecule has 5 aliphatic rings. The summed E-state index contributed by atoms with van der Waals surface area (Å²) in [5.74, 6) is -1.60. The highest BCUT2D eigenvalue weighted by molar-refractivity contribution is 7.91. The number of hydrogen-bond donors (Lipinski definition) is 3. The van der Waals surface area contributed by atoms with E-state index < -0.39 is 68.7 Å². The second kappa shape index (κ2) is 18.6. The molecule has 358 valence electrons. The second-order valence-electron chi connectivity index (χ2n) is 19.4. The van der Waals surface area contributed by atoms with Crippen LogP contribution in [0.2, 0.25) is 0 Å². The van der Waals surface area contributed by atoms with Crippen molar-refractivity contribution in [1.29, 1.82) is 0 Å². The van der Waals surface area contributed by atoms with Gasteiger partial charge in [0.15, 0.2) is 5.82 Å². The third-order valence-corrected chi connectivity index (χ3v) is 16.7. The van der Waals surface area contributed by atoms with Crippen LogP contribution < -0.4 is 20.1 Å². The SMILES string of the molecule is Cc1ccc2c(c1)oc1c(O[C@@H]3C[C@H]4C(=O)N[C@]5(C(=O)NS(=O)(=O)C6CC6)C[C@H]5/C=C\CCCCC[C@H](NC(=O)OC5CCCC5)C(=O)N4C3)nc(-c3ccc(-c4nc(C(C)C)cs4)cc3)nc12. The summed E-state index contributed by atoms with van der Waals surface area (Å²) in [6.07, 6.45) is 9.76. The number of furan rings is 1. The Morgan fingerprint density at radius 2 is 1.71 bits per heavy atom. The molecule has 3 aliphatic carbocycles. The Morgan fingerprint density at radius 1 is 0.941 bits per heavy atom. The number of ether oxygens (including phenoxy) is 2. The number of carbonyl (C=O) groups is 4. The molecule has 3 saturated carbocycles. The maximum absolute atomic E-state index is 14.9. The monoisotopic (exact) mass is 963 g/mol. The Hall–Kier alpha value is -5.88. The van der Waals surface area contributed by atoms with Gasteiger partial charge < -0.3 is 29.4 Å². The topological polar surface area (TPSA) is 212 Å². The molecule has 1 saturated heterocycles. The summed E-state index contributed by atoms with van der Waals surface area (Å²) in [6.45, 7) is 6.12. The van der Waals surface area contributed by atoms with Crippen molar-refractivity contribution in [2.45, 2.75) is 145 Å². The fourth-order valence-electron chi connectivity index (χ4n) is 9.72. The van der Waals surface area contributed by atoms with E-state index in [1.165, 1.54) is 4.90 Å². The van der Waals surface area contributed by atoms with Gasteiger partial charge in [0, 0.05) is 34.2 Å². The van der Waals surface area contributed by atoms with E-state index in [-0.39, 0.29) is 31.4 Å². The van der Waals surface area contributed by atoms with Gasteiger partial charge in [0.1, 0.15) is 45.9 Å². The molecule has 5 heterocycles. The fourth-order valence-corrected chi connectivity index (χ4v) is 12.1. The third kappa shape index (κ3) is 9.45. The van der Waals surface area contributed by atoms with E-state index in [1.54, 1.807) is 11.3 Å². The maximum atomic E-state index is 14.9. The fraction of sp³-hybridized carbons (Fsp3) is 0.500. The molecule has 4 fully saturated rings. The number of amides is 4. The zero-order valence-corrected chi connectivity index (χ0v) is 40.1. The molecule has 0 unspecified atom stereocenters. The van der Waals surface area contributed by atoms with E-state index in [9.17, 15) is 27.6 Å².